The van der Waals surface area contributed by atoms with Gasteiger partial charge in [-0.1, -0.05) is 94.2 Å². The van der Waals surface area contributed by atoms with Crippen molar-refractivity contribution in [3.8, 4) is 11.5 Å². The summed E-state index contributed by atoms with van der Waals surface area (Å²) in [5.41, 5.74) is 7.25. The average molecular weight is 563 g/mol. The Balaban J connectivity index is 1.24. The van der Waals surface area contributed by atoms with Crippen molar-refractivity contribution >= 4 is 11.8 Å². The van der Waals surface area contributed by atoms with E-state index in [0.717, 1.165) is 35.1 Å². The van der Waals surface area contributed by atoms with Crippen molar-refractivity contribution in [2.75, 3.05) is 5.75 Å². The van der Waals surface area contributed by atoms with E-state index < -0.39 is 0 Å². The number of thioether (sulfide) groups is 1. The topological polar surface area (TPSA) is 40.5 Å². The number of fused-ring (bicyclic) bond motifs is 5. The fourth-order valence-corrected chi connectivity index (χ4v) is 10.1. The third kappa shape index (κ3) is 6.25. The second-order valence-corrected chi connectivity index (χ2v) is 14.6. The lowest BCUT2D eigenvalue weighted by Crippen LogP contribution is -2.27. The smallest absolute Gasteiger partial charge is 0.123 e. The third-order valence-corrected chi connectivity index (χ3v) is 11.9. The molecule has 40 heavy (non-hydrogen) atoms. The Labute approximate surface area is 248 Å². The molecule has 0 aromatic heterocycles. The Morgan fingerprint density at radius 1 is 0.700 bits per heavy atom. The summed E-state index contributed by atoms with van der Waals surface area (Å²) in [4.78, 5) is 0. The number of rotatable bonds is 14. The maximum atomic E-state index is 11.6. The molecule has 6 unspecified atom stereocenters. The summed E-state index contributed by atoms with van der Waals surface area (Å²) in [7, 11) is 0. The van der Waals surface area contributed by atoms with Crippen LogP contribution in [0.3, 0.4) is 0 Å². The highest BCUT2D eigenvalue weighted by atomic mass is 32.2. The lowest BCUT2D eigenvalue weighted by Gasteiger charge is -2.36. The van der Waals surface area contributed by atoms with Crippen LogP contribution in [-0.2, 0) is 12.2 Å². The summed E-state index contributed by atoms with van der Waals surface area (Å²) in [6.45, 7) is 8.82. The highest BCUT2D eigenvalue weighted by Crippen LogP contribution is 2.68. The van der Waals surface area contributed by atoms with Gasteiger partial charge in [-0.05, 0) is 110 Å². The molecule has 3 heteroatoms. The third-order valence-electron chi connectivity index (χ3n) is 10.8. The van der Waals surface area contributed by atoms with E-state index in [0.29, 0.717) is 35.2 Å². The van der Waals surface area contributed by atoms with Gasteiger partial charge in [0.25, 0.3) is 0 Å². The molecule has 2 bridgehead atoms. The number of aromatic hydroxyl groups is 2. The van der Waals surface area contributed by atoms with Gasteiger partial charge in [0.1, 0.15) is 11.5 Å². The van der Waals surface area contributed by atoms with Crippen LogP contribution in [0.15, 0.2) is 24.3 Å². The lowest BCUT2D eigenvalue weighted by molar-refractivity contribution is 0.213. The van der Waals surface area contributed by atoms with Gasteiger partial charge in [0.15, 0.2) is 0 Å². The van der Waals surface area contributed by atoms with Gasteiger partial charge in [-0.25, -0.2) is 0 Å². The van der Waals surface area contributed by atoms with E-state index in [9.17, 15) is 10.2 Å². The Bertz CT molecular complexity index is 1140. The minimum absolute atomic E-state index is 0.455. The van der Waals surface area contributed by atoms with E-state index >= 15 is 0 Å². The number of phenols is 2. The first kappa shape index (κ1) is 29.9. The molecule has 2 N–H and O–H groups in total. The Morgan fingerprint density at radius 2 is 1.32 bits per heavy atom. The number of unbranched alkanes of at least 4 members (excludes halogenated alkanes) is 7. The molecule has 2 aromatic carbocycles. The predicted octanol–water partition coefficient (Wildman–Crippen LogP) is 10.6. The van der Waals surface area contributed by atoms with Crippen molar-refractivity contribution in [3.05, 3.63) is 57.6 Å². The quantitative estimate of drug-likeness (QED) is 0.225. The molecule has 3 aliphatic rings. The van der Waals surface area contributed by atoms with E-state index in [1.54, 1.807) is 0 Å². The molecule has 0 spiro atoms. The first-order valence-corrected chi connectivity index (χ1v) is 17.8. The van der Waals surface area contributed by atoms with Crippen LogP contribution in [0.1, 0.15) is 136 Å². The van der Waals surface area contributed by atoms with Crippen LogP contribution in [0, 0.1) is 37.5 Å². The summed E-state index contributed by atoms with van der Waals surface area (Å²) in [6, 6.07) is 8.96. The van der Waals surface area contributed by atoms with Crippen LogP contribution < -0.4 is 0 Å². The molecule has 2 nitrogen and oxygen atoms in total. The largest absolute Gasteiger partial charge is 0.507 e. The molecule has 0 heterocycles. The number of aryl methyl sites for hydroxylation is 3. The maximum absolute atomic E-state index is 11.6. The van der Waals surface area contributed by atoms with E-state index in [1.807, 2.05) is 11.8 Å². The van der Waals surface area contributed by atoms with E-state index in [4.69, 9.17) is 0 Å². The Morgan fingerprint density at radius 3 is 2.02 bits per heavy atom. The van der Waals surface area contributed by atoms with Gasteiger partial charge in [0, 0.05) is 11.3 Å². The van der Waals surface area contributed by atoms with E-state index in [2.05, 4.69) is 52.0 Å². The zero-order valence-electron chi connectivity index (χ0n) is 25.7. The Kier molecular flexibility index (Phi) is 10.1. The molecule has 3 aliphatic carbocycles. The summed E-state index contributed by atoms with van der Waals surface area (Å²) < 4.78 is 0. The van der Waals surface area contributed by atoms with Crippen molar-refractivity contribution in [3.63, 3.8) is 0 Å². The van der Waals surface area contributed by atoms with Gasteiger partial charge in [0.2, 0.25) is 0 Å². The number of phenolic OH excluding ortho intramolecular Hbond substituents is 2. The van der Waals surface area contributed by atoms with Gasteiger partial charge in [-0.15, -0.1) is 0 Å². The molecule has 3 saturated carbocycles. The van der Waals surface area contributed by atoms with Crippen LogP contribution in [0.2, 0.25) is 0 Å². The molecule has 0 aliphatic heterocycles. The van der Waals surface area contributed by atoms with Crippen molar-refractivity contribution in [1.29, 1.82) is 0 Å². The average Bonchev–Trinajstić information content (AvgIpc) is 3.65. The fraction of sp³-hybridized carbons (Fsp3) is 0.676. The number of hydrogen-bond acceptors (Lipinski definition) is 3. The zero-order chi connectivity index (χ0) is 28.2. The van der Waals surface area contributed by atoms with Crippen LogP contribution in [-0.4, -0.2) is 16.0 Å². The molecule has 5 rings (SSSR count). The van der Waals surface area contributed by atoms with Gasteiger partial charge in [-0.2, -0.15) is 11.8 Å². The minimum atomic E-state index is 0.455. The summed E-state index contributed by atoms with van der Waals surface area (Å²) in [5, 5.41) is 22.8. The lowest BCUT2D eigenvalue weighted by atomic mass is 9.68. The molecular weight excluding hydrogens is 508 g/mol. The SMILES string of the molecule is CCCCCCCCCCSCc1cc(C)cc(C2CCC3C4CC(c5cc(C)cc(CC)c5O)C(C4)C23)c1O. The molecule has 220 valence electrons. The van der Waals surface area contributed by atoms with E-state index in [-0.39, 0.29) is 0 Å². The highest BCUT2D eigenvalue weighted by molar-refractivity contribution is 7.98. The van der Waals surface area contributed by atoms with Crippen LogP contribution in [0.25, 0.3) is 0 Å². The number of benzene rings is 2. The first-order chi connectivity index (χ1) is 19.4. The summed E-state index contributed by atoms with van der Waals surface area (Å²) in [6.07, 6.45) is 16.8. The molecular formula is C37H54O2S. The second-order valence-electron chi connectivity index (χ2n) is 13.5. The molecule has 0 radical (unpaired) electrons. The molecule has 0 saturated heterocycles. The summed E-state index contributed by atoms with van der Waals surface area (Å²) in [5.74, 6) is 7.02. The fourth-order valence-electron chi connectivity index (χ4n) is 9.06. The monoisotopic (exact) mass is 562 g/mol. The van der Waals surface area contributed by atoms with Gasteiger partial charge in [0.05, 0.1) is 0 Å². The van der Waals surface area contributed by atoms with Gasteiger partial charge >= 0.3 is 0 Å². The number of hydrogen-bond donors (Lipinski definition) is 2. The van der Waals surface area contributed by atoms with Crippen LogP contribution in [0.4, 0.5) is 0 Å². The van der Waals surface area contributed by atoms with Crippen LogP contribution in [0.5, 0.6) is 11.5 Å². The zero-order valence-corrected chi connectivity index (χ0v) is 26.5. The highest BCUT2D eigenvalue weighted by Gasteiger charge is 2.58. The minimum Gasteiger partial charge on any atom is -0.507 e. The molecule has 6 atom stereocenters. The first-order valence-electron chi connectivity index (χ1n) is 16.6. The van der Waals surface area contributed by atoms with E-state index in [1.165, 1.54) is 105 Å². The maximum Gasteiger partial charge on any atom is 0.123 e. The predicted molar refractivity (Wildman–Crippen MR) is 172 cm³/mol. The van der Waals surface area contributed by atoms with Crippen molar-refractivity contribution in [2.24, 2.45) is 23.7 Å². The van der Waals surface area contributed by atoms with Gasteiger partial charge < -0.3 is 10.2 Å². The summed E-state index contributed by atoms with van der Waals surface area (Å²) >= 11 is 2.00. The molecule has 2 aromatic rings. The Hall–Kier alpha value is -1.61. The molecule has 0 amide bonds. The van der Waals surface area contributed by atoms with Gasteiger partial charge in [-0.3, -0.25) is 0 Å². The van der Waals surface area contributed by atoms with Crippen molar-refractivity contribution in [2.45, 2.75) is 129 Å². The van der Waals surface area contributed by atoms with Crippen molar-refractivity contribution < 1.29 is 10.2 Å². The molecule has 3 fully saturated rings. The van der Waals surface area contributed by atoms with Crippen LogP contribution >= 0.6 is 11.8 Å². The standard InChI is InChI=1S/C37H54O2S/c1-5-7-8-9-10-11-12-13-16-40-23-28-18-25(4)19-33(37(28)39)30-15-14-29-27-21-31(32(22-27)35(29)30)34-20-24(3)17-26(6-2)36(34)38/h17-20,27,29-32,35,38-39H,5-16,21-23H2,1-4H3. The van der Waals surface area contributed by atoms with Crippen molar-refractivity contribution in [1.82, 2.24) is 0 Å². The second kappa shape index (κ2) is 13.6. The normalized spacial score (nSPS) is 27.0.